The van der Waals surface area contributed by atoms with Crippen molar-refractivity contribution < 1.29 is 13.6 Å². The summed E-state index contributed by atoms with van der Waals surface area (Å²) < 4.78 is 26.1. The number of carbonyl (C=O) groups is 1. The Balaban J connectivity index is 2.00. The Labute approximate surface area is 113 Å². The number of aromatic nitrogens is 1. The summed E-state index contributed by atoms with van der Waals surface area (Å²) in [7, 11) is 0. The average Bonchev–Trinajstić information content (AvgIpc) is 2.46. The van der Waals surface area contributed by atoms with Crippen molar-refractivity contribution in [1.82, 2.24) is 10.3 Å². The molecule has 1 amide bonds. The number of amides is 1. The molecule has 0 aliphatic heterocycles. The second-order valence-electron chi connectivity index (χ2n) is 3.99. The van der Waals surface area contributed by atoms with Crippen LogP contribution in [0.5, 0.6) is 0 Å². The standard InChI is InChI=1S/C13H12F2N4O/c14-9-2-1-8(11(15)5-9)6-18-13(20)12-4-3-10(19-16)7-17-12/h1-5,7,19H,6,16H2,(H,18,20). The molecule has 7 heteroatoms. The lowest BCUT2D eigenvalue weighted by Crippen LogP contribution is -2.24. The van der Waals surface area contributed by atoms with E-state index in [2.05, 4.69) is 15.7 Å². The number of nitrogens with one attached hydrogen (secondary N) is 2. The van der Waals surface area contributed by atoms with Gasteiger partial charge in [-0.05, 0) is 18.2 Å². The van der Waals surface area contributed by atoms with Crippen LogP contribution in [0.15, 0.2) is 36.5 Å². The third-order valence-electron chi connectivity index (χ3n) is 2.62. The minimum atomic E-state index is -0.707. The van der Waals surface area contributed by atoms with E-state index in [-0.39, 0.29) is 17.8 Å². The van der Waals surface area contributed by atoms with Gasteiger partial charge in [-0.2, -0.15) is 0 Å². The maximum absolute atomic E-state index is 13.4. The fourth-order valence-electron chi connectivity index (χ4n) is 1.54. The van der Waals surface area contributed by atoms with Gasteiger partial charge in [-0.25, -0.2) is 13.8 Å². The Kier molecular flexibility index (Phi) is 4.21. The van der Waals surface area contributed by atoms with Crippen LogP contribution in [0.25, 0.3) is 0 Å². The molecule has 104 valence electrons. The summed E-state index contributed by atoms with van der Waals surface area (Å²) in [4.78, 5) is 15.7. The van der Waals surface area contributed by atoms with Crippen molar-refractivity contribution in [2.45, 2.75) is 6.54 Å². The highest BCUT2D eigenvalue weighted by molar-refractivity contribution is 5.92. The van der Waals surface area contributed by atoms with Crippen LogP contribution in [0, 0.1) is 11.6 Å². The van der Waals surface area contributed by atoms with Gasteiger partial charge in [0.15, 0.2) is 0 Å². The van der Waals surface area contributed by atoms with E-state index in [1.807, 2.05) is 0 Å². The van der Waals surface area contributed by atoms with E-state index in [0.29, 0.717) is 5.69 Å². The predicted octanol–water partition coefficient (Wildman–Crippen LogP) is 1.58. The lowest BCUT2D eigenvalue weighted by molar-refractivity contribution is 0.0945. The minimum absolute atomic E-state index is 0.0521. The number of benzene rings is 1. The number of halogens is 2. The van der Waals surface area contributed by atoms with Crippen molar-refractivity contribution in [3.63, 3.8) is 0 Å². The quantitative estimate of drug-likeness (QED) is 0.586. The van der Waals surface area contributed by atoms with Crippen molar-refractivity contribution in [2.24, 2.45) is 5.84 Å². The fraction of sp³-hybridized carbons (Fsp3) is 0.0769. The molecule has 0 atom stereocenters. The SMILES string of the molecule is NNc1ccc(C(=O)NCc2ccc(F)cc2F)nc1. The van der Waals surface area contributed by atoms with Crippen LogP contribution in [0.1, 0.15) is 16.1 Å². The van der Waals surface area contributed by atoms with Gasteiger partial charge in [0, 0.05) is 18.2 Å². The fourth-order valence-corrected chi connectivity index (χ4v) is 1.54. The maximum Gasteiger partial charge on any atom is 0.270 e. The number of nitrogens with two attached hydrogens (primary N) is 1. The Hall–Kier alpha value is -2.54. The van der Waals surface area contributed by atoms with E-state index in [1.165, 1.54) is 18.3 Å². The van der Waals surface area contributed by atoms with Crippen LogP contribution >= 0.6 is 0 Å². The third kappa shape index (κ3) is 3.27. The van der Waals surface area contributed by atoms with Crippen LogP contribution in [0.3, 0.4) is 0 Å². The highest BCUT2D eigenvalue weighted by Gasteiger charge is 2.09. The van der Waals surface area contributed by atoms with Gasteiger partial charge < -0.3 is 10.7 Å². The molecule has 0 radical (unpaired) electrons. The van der Waals surface area contributed by atoms with Gasteiger partial charge in [0.25, 0.3) is 5.91 Å². The minimum Gasteiger partial charge on any atom is -0.347 e. The van der Waals surface area contributed by atoms with Gasteiger partial charge in [0.1, 0.15) is 17.3 Å². The van der Waals surface area contributed by atoms with Crippen LogP contribution in [-0.2, 0) is 6.54 Å². The smallest absolute Gasteiger partial charge is 0.270 e. The number of carbonyl (C=O) groups excluding carboxylic acids is 1. The van der Waals surface area contributed by atoms with Gasteiger partial charge in [-0.15, -0.1) is 0 Å². The van der Waals surface area contributed by atoms with E-state index >= 15 is 0 Å². The van der Waals surface area contributed by atoms with Gasteiger partial charge >= 0.3 is 0 Å². The first-order valence-electron chi connectivity index (χ1n) is 5.75. The molecule has 1 aromatic carbocycles. The van der Waals surface area contributed by atoms with Gasteiger partial charge in [-0.1, -0.05) is 6.07 Å². The van der Waals surface area contributed by atoms with Gasteiger partial charge in [0.05, 0.1) is 11.9 Å². The first-order chi connectivity index (χ1) is 9.60. The van der Waals surface area contributed by atoms with Crippen molar-refractivity contribution in [3.05, 3.63) is 59.4 Å². The summed E-state index contributed by atoms with van der Waals surface area (Å²) in [5.41, 5.74) is 3.31. The molecule has 2 aromatic rings. The molecule has 2 rings (SSSR count). The number of nitrogens with zero attached hydrogens (tertiary/aromatic N) is 1. The average molecular weight is 278 g/mol. The van der Waals surface area contributed by atoms with Crippen molar-refractivity contribution >= 4 is 11.6 Å². The zero-order chi connectivity index (χ0) is 14.5. The lowest BCUT2D eigenvalue weighted by atomic mass is 10.2. The molecule has 0 spiro atoms. The number of pyridine rings is 1. The Morgan fingerprint density at radius 3 is 2.65 bits per heavy atom. The zero-order valence-corrected chi connectivity index (χ0v) is 10.4. The third-order valence-corrected chi connectivity index (χ3v) is 2.62. The molecule has 0 aliphatic carbocycles. The summed E-state index contributed by atoms with van der Waals surface area (Å²) in [5.74, 6) is 3.35. The molecule has 20 heavy (non-hydrogen) atoms. The molecular weight excluding hydrogens is 266 g/mol. The molecule has 1 aromatic heterocycles. The van der Waals surface area contributed by atoms with Crippen LogP contribution < -0.4 is 16.6 Å². The van der Waals surface area contributed by atoms with Crippen molar-refractivity contribution in [2.75, 3.05) is 5.43 Å². The molecule has 0 unspecified atom stereocenters. The molecular formula is C13H12F2N4O. The zero-order valence-electron chi connectivity index (χ0n) is 10.4. The van der Waals surface area contributed by atoms with E-state index in [0.717, 1.165) is 12.1 Å². The Bertz CT molecular complexity index is 616. The first-order valence-corrected chi connectivity index (χ1v) is 5.75. The molecule has 0 fully saturated rings. The van der Waals surface area contributed by atoms with E-state index in [4.69, 9.17) is 5.84 Å². The van der Waals surface area contributed by atoms with Crippen LogP contribution in [0.2, 0.25) is 0 Å². The first kappa shape index (κ1) is 13.9. The number of hydrazine groups is 1. The van der Waals surface area contributed by atoms with Crippen LogP contribution in [-0.4, -0.2) is 10.9 Å². The molecule has 0 saturated heterocycles. The summed E-state index contributed by atoms with van der Waals surface area (Å²) >= 11 is 0. The van der Waals surface area contributed by atoms with Gasteiger partial charge in [0.2, 0.25) is 0 Å². The van der Waals surface area contributed by atoms with E-state index in [1.54, 1.807) is 6.07 Å². The van der Waals surface area contributed by atoms with Crippen molar-refractivity contribution in [3.8, 4) is 0 Å². The predicted molar refractivity (Wildman–Crippen MR) is 69.6 cm³/mol. The van der Waals surface area contributed by atoms with Gasteiger partial charge in [-0.3, -0.25) is 10.6 Å². The highest BCUT2D eigenvalue weighted by Crippen LogP contribution is 2.09. The van der Waals surface area contributed by atoms with Crippen molar-refractivity contribution in [1.29, 1.82) is 0 Å². The number of rotatable bonds is 4. The summed E-state index contributed by atoms with van der Waals surface area (Å²) in [6.45, 7) is -0.0521. The summed E-state index contributed by atoms with van der Waals surface area (Å²) in [6, 6.07) is 6.23. The van der Waals surface area contributed by atoms with E-state index in [9.17, 15) is 13.6 Å². The molecule has 4 N–H and O–H groups in total. The molecule has 0 saturated carbocycles. The molecule has 5 nitrogen and oxygen atoms in total. The normalized spacial score (nSPS) is 10.2. The largest absolute Gasteiger partial charge is 0.347 e. The second-order valence-corrected chi connectivity index (χ2v) is 3.99. The molecule has 0 bridgehead atoms. The van der Waals surface area contributed by atoms with Crippen LogP contribution in [0.4, 0.5) is 14.5 Å². The monoisotopic (exact) mass is 278 g/mol. The summed E-state index contributed by atoms with van der Waals surface area (Å²) in [5, 5.41) is 2.50. The molecule has 0 aliphatic rings. The Morgan fingerprint density at radius 2 is 2.05 bits per heavy atom. The Morgan fingerprint density at radius 1 is 1.25 bits per heavy atom. The highest BCUT2D eigenvalue weighted by atomic mass is 19.1. The maximum atomic E-state index is 13.4. The topological polar surface area (TPSA) is 80.0 Å². The van der Waals surface area contributed by atoms with E-state index < -0.39 is 17.5 Å². The number of hydrogen-bond acceptors (Lipinski definition) is 4. The lowest BCUT2D eigenvalue weighted by Gasteiger charge is -2.06. The number of nitrogen functional groups attached to an aromatic ring is 1. The number of anilines is 1. The molecule has 1 heterocycles. The number of hydrogen-bond donors (Lipinski definition) is 3. The summed E-state index contributed by atoms with van der Waals surface area (Å²) in [6.07, 6.45) is 1.40. The second kappa shape index (κ2) is 6.07.